The molecular formula is C14H13Cl2NO2S2. The van der Waals surface area contributed by atoms with Gasteiger partial charge in [-0.2, -0.15) is 0 Å². The summed E-state index contributed by atoms with van der Waals surface area (Å²) in [6.07, 6.45) is 1.93. The van der Waals surface area contributed by atoms with E-state index in [4.69, 9.17) is 23.2 Å². The molecule has 0 spiro atoms. The van der Waals surface area contributed by atoms with Crippen molar-refractivity contribution in [3.8, 4) is 0 Å². The molecule has 0 heterocycles. The van der Waals surface area contributed by atoms with Crippen LogP contribution in [0.4, 0.5) is 5.69 Å². The maximum atomic E-state index is 12.6. The van der Waals surface area contributed by atoms with Gasteiger partial charge in [0.15, 0.2) is 0 Å². The Hall–Kier alpha value is -0.880. The van der Waals surface area contributed by atoms with Gasteiger partial charge < -0.3 is 0 Å². The van der Waals surface area contributed by atoms with Crippen LogP contribution < -0.4 is 4.31 Å². The smallest absolute Gasteiger partial charge is 0.264 e. The average molecular weight is 362 g/mol. The second-order valence-electron chi connectivity index (χ2n) is 4.24. The van der Waals surface area contributed by atoms with Gasteiger partial charge in [0.2, 0.25) is 0 Å². The summed E-state index contributed by atoms with van der Waals surface area (Å²) in [6, 6.07) is 11.4. The first kappa shape index (κ1) is 16.5. The summed E-state index contributed by atoms with van der Waals surface area (Å²) in [6.45, 7) is 0. The molecular weight excluding hydrogens is 349 g/mol. The second kappa shape index (κ2) is 6.48. The van der Waals surface area contributed by atoms with Gasteiger partial charge in [-0.05, 0) is 48.7 Å². The molecule has 2 aromatic rings. The minimum Gasteiger partial charge on any atom is -0.268 e. The van der Waals surface area contributed by atoms with Crippen molar-refractivity contribution in [1.82, 2.24) is 0 Å². The SMILES string of the molecule is CSc1ccc(S(=O)(=O)N(C)c2cc(Cl)ccc2Cl)cc1. The van der Waals surface area contributed by atoms with Crippen LogP contribution in [0.1, 0.15) is 0 Å². The monoisotopic (exact) mass is 361 g/mol. The summed E-state index contributed by atoms with van der Waals surface area (Å²) in [4.78, 5) is 1.20. The number of hydrogen-bond donors (Lipinski definition) is 0. The minimum absolute atomic E-state index is 0.207. The van der Waals surface area contributed by atoms with Gasteiger partial charge in [-0.3, -0.25) is 4.31 Å². The first-order valence-electron chi connectivity index (χ1n) is 5.94. The maximum Gasteiger partial charge on any atom is 0.264 e. The molecule has 0 bridgehead atoms. The van der Waals surface area contributed by atoms with E-state index in [9.17, 15) is 8.42 Å². The van der Waals surface area contributed by atoms with Crippen LogP contribution in [0, 0.1) is 0 Å². The first-order chi connectivity index (χ1) is 9.86. The highest BCUT2D eigenvalue weighted by atomic mass is 35.5. The molecule has 7 heteroatoms. The van der Waals surface area contributed by atoms with Crippen LogP contribution in [0.15, 0.2) is 52.3 Å². The lowest BCUT2D eigenvalue weighted by atomic mass is 10.3. The molecule has 0 fully saturated rings. The minimum atomic E-state index is -3.68. The molecule has 0 atom stereocenters. The van der Waals surface area contributed by atoms with Gasteiger partial charge in [-0.15, -0.1) is 11.8 Å². The summed E-state index contributed by atoms with van der Waals surface area (Å²) in [5, 5.41) is 0.750. The Morgan fingerprint density at radius 1 is 1.05 bits per heavy atom. The van der Waals surface area contributed by atoms with Crippen molar-refractivity contribution in [2.45, 2.75) is 9.79 Å². The molecule has 0 saturated carbocycles. The van der Waals surface area contributed by atoms with E-state index in [1.165, 1.54) is 13.1 Å². The number of thioether (sulfide) groups is 1. The molecule has 0 aliphatic heterocycles. The van der Waals surface area contributed by atoms with Crippen molar-refractivity contribution in [3.05, 3.63) is 52.5 Å². The second-order valence-corrected chi connectivity index (χ2v) is 7.94. The van der Waals surface area contributed by atoms with Gasteiger partial charge in [0.25, 0.3) is 10.0 Å². The van der Waals surface area contributed by atoms with E-state index < -0.39 is 10.0 Å². The van der Waals surface area contributed by atoms with Gasteiger partial charge in [0, 0.05) is 17.0 Å². The number of anilines is 1. The Morgan fingerprint density at radius 3 is 2.24 bits per heavy atom. The van der Waals surface area contributed by atoms with Crippen LogP contribution >= 0.6 is 35.0 Å². The molecule has 0 aliphatic rings. The Bertz CT molecular complexity index is 746. The van der Waals surface area contributed by atoms with Crippen molar-refractivity contribution in [2.75, 3.05) is 17.6 Å². The third-order valence-electron chi connectivity index (χ3n) is 2.97. The molecule has 0 amide bonds. The van der Waals surface area contributed by atoms with E-state index in [0.29, 0.717) is 15.7 Å². The third-order valence-corrected chi connectivity index (χ3v) is 6.05. The van der Waals surface area contributed by atoms with E-state index in [1.54, 1.807) is 48.2 Å². The predicted octanol–water partition coefficient (Wildman–Crippen LogP) is 4.54. The van der Waals surface area contributed by atoms with Crippen LogP contribution in [0.3, 0.4) is 0 Å². The fourth-order valence-electron chi connectivity index (χ4n) is 1.76. The number of rotatable bonds is 4. The Morgan fingerprint density at radius 2 is 1.67 bits per heavy atom. The van der Waals surface area contributed by atoms with Gasteiger partial charge in [0.05, 0.1) is 15.6 Å². The number of benzene rings is 2. The van der Waals surface area contributed by atoms with E-state index in [2.05, 4.69) is 0 Å². The van der Waals surface area contributed by atoms with E-state index in [0.717, 1.165) is 9.20 Å². The van der Waals surface area contributed by atoms with Crippen LogP contribution in [-0.4, -0.2) is 21.7 Å². The van der Waals surface area contributed by atoms with Crippen molar-refractivity contribution in [1.29, 1.82) is 0 Å². The third kappa shape index (κ3) is 3.48. The van der Waals surface area contributed by atoms with Crippen molar-refractivity contribution in [2.24, 2.45) is 0 Å². The van der Waals surface area contributed by atoms with Gasteiger partial charge in [-0.25, -0.2) is 8.42 Å². The fraction of sp³-hybridized carbons (Fsp3) is 0.143. The quantitative estimate of drug-likeness (QED) is 0.750. The summed E-state index contributed by atoms with van der Waals surface area (Å²) in [5.41, 5.74) is 0.345. The molecule has 2 aromatic carbocycles. The Labute approximate surface area is 138 Å². The molecule has 21 heavy (non-hydrogen) atoms. The van der Waals surface area contributed by atoms with Crippen LogP contribution in [0.25, 0.3) is 0 Å². The lowest BCUT2D eigenvalue weighted by Gasteiger charge is -2.21. The molecule has 0 unspecified atom stereocenters. The van der Waals surface area contributed by atoms with E-state index in [-0.39, 0.29) is 4.90 Å². The first-order valence-corrected chi connectivity index (χ1v) is 9.36. The number of halogens is 2. The van der Waals surface area contributed by atoms with Crippen LogP contribution in [0.5, 0.6) is 0 Å². The van der Waals surface area contributed by atoms with E-state index >= 15 is 0 Å². The molecule has 0 radical (unpaired) electrons. The standard InChI is InChI=1S/C14H13Cl2NO2S2/c1-17(14-9-10(15)3-8-13(14)16)21(18,19)12-6-4-11(20-2)5-7-12/h3-9H,1-2H3. The highest BCUT2D eigenvalue weighted by Gasteiger charge is 2.23. The lowest BCUT2D eigenvalue weighted by Crippen LogP contribution is -2.26. The van der Waals surface area contributed by atoms with Crippen LogP contribution in [-0.2, 0) is 10.0 Å². The highest BCUT2D eigenvalue weighted by molar-refractivity contribution is 7.98. The zero-order valence-electron chi connectivity index (χ0n) is 11.4. The lowest BCUT2D eigenvalue weighted by molar-refractivity contribution is 0.594. The summed E-state index contributed by atoms with van der Waals surface area (Å²) >= 11 is 13.5. The van der Waals surface area contributed by atoms with Crippen molar-refractivity contribution >= 4 is 50.7 Å². The predicted molar refractivity (Wildman–Crippen MR) is 90.3 cm³/mol. The Kier molecular flexibility index (Phi) is 5.09. The molecule has 112 valence electrons. The zero-order chi connectivity index (χ0) is 15.6. The highest BCUT2D eigenvalue weighted by Crippen LogP contribution is 2.32. The fourth-order valence-corrected chi connectivity index (χ4v) is 3.84. The normalized spacial score (nSPS) is 11.4. The van der Waals surface area contributed by atoms with Crippen molar-refractivity contribution < 1.29 is 8.42 Å². The summed E-state index contributed by atoms with van der Waals surface area (Å²) < 4.78 is 26.4. The maximum absolute atomic E-state index is 12.6. The largest absolute Gasteiger partial charge is 0.268 e. The Balaban J connectivity index is 2.44. The molecule has 0 N–H and O–H groups in total. The molecule has 0 aromatic heterocycles. The van der Waals surface area contributed by atoms with Gasteiger partial charge in [-0.1, -0.05) is 23.2 Å². The number of sulfonamides is 1. The topological polar surface area (TPSA) is 37.4 Å². The van der Waals surface area contributed by atoms with Gasteiger partial charge in [0.1, 0.15) is 0 Å². The number of nitrogens with zero attached hydrogens (tertiary/aromatic N) is 1. The number of hydrogen-bond acceptors (Lipinski definition) is 3. The van der Waals surface area contributed by atoms with Gasteiger partial charge >= 0.3 is 0 Å². The zero-order valence-corrected chi connectivity index (χ0v) is 14.5. The molecule has 2 rings (SSSR count). The van der Waals surface area contributed by atoms with Crippen LogP contribution in [0.2, 0.25) is 10.0 Å². The molecule has 0 aliphatic carbocycles. The average Bonchev–Trinajstić information content (AvgIpc) is 2.49. The summed E-state index contributed by atoms with van der Waals surface area (Å²) in [7, 11) is -2.22. The van der Waals surface area contributed by atoms with Crippen molar-refractivity contribution in [3.63, 3.8) is 0 Å². The molecule has 0 saturated heterocycles. The molecule has 3 nitrogen and oxygen atoms in total. The summed E-state index contributed by atoms with van der Waals surface area (Å²) in [5.74, 6) is 0. The van der Waals surface area contributed by atoms with E-state index in [1.807, 2.05) is 6.26 Å².